The monoisotopic (exact) mass is 205 g/mol. The van der Waals surface area contributed by atoms with Gasteiger partial charge in [0.1, 0.15) is 12.0 Å². The van der Waals surface area contributed by atoms with Crippen LogP contribution >= 0.6 is 0 Å². The molecule has 2 aromatic heterocycles. The van der Waals surface area contributed by atoms with Crippen molar-refractivity contribution >= 4 is 11.0 Å². The van der Waals surface area contributed by atoms with E-state index in [-0.39, 0.29) is 11.6 Å². The Bertz CT molecular complexity index is 563. The van der Waals surface area contributed by atoms with E-state index < -0.39 is 0 Å². The first-order valence-corrected chi connectivity index (χ1v) is 5.05. The molecule has 2 aromatic rings. The highest BCUT2D eigenvalue weighted by atomic mass is 16.1. The summed E-state index contributed by atoms with van der Waals surface area (Å²) >= 11 is 0. The SMILES string of the molecule is Cc1cc2c(=O)n(C(C)C)cnc2n1C. The van der Waals surface area contributed by atoms with Gasteiger partial charge in [0, 0.05) is 18.8 Å². The molecule has 0 aliphatic carbocycles. The van der Waals surface area contributed by atoms with E-state index in [1.54, 1.807) is 10.9 Å². The van der Waals surface area contributed by atoms with Gasteiger partial charge in [0.25, 0.3) is 5.56 Å². The highest BCUT2D eigenvalue weighted by molar-refractivity contribution is 5.76. The molecule has 4 nitrogen and oxygen atoms in total. The smallest absolute Gasteiger partial charge is 0.263 e. The minimum absolute atomic E-state index is 0.0405. The number of hydrogen-bond acceptors (Lipinski definition) is 2. The van der Waals surface area contributed by atoms with Gasteiger partial charge in [-0.1, -0.05) is 0 Å². The van der Waals surface area contributed by atoms with E-state index in [9.17, 15) is 4.79 Å². The molecule has 0 aromatic carbocycles. The van der Waals surface area contributed by atoms with Gasteiger partial charge in [-0.2, -0.15) is 0 Å². The van der Waals surface area contributed by atoms with Crippen LogP contribution in [0, 0.1) is 6.92 Å². The number of aryl methyl sites for hydroxylation is 2. The first kappa shape index (κ1) is 9.96. The maximum Gasteiger partial charge on any atom is 0.263 e. The van der Waals surface area contributed by atoms with Crippen LogP contribution in [0.5, 0.6) is 0 Å². The summed E-state index contributed by atoms with van der Waals surface area (Å²) in [6, 6.07) is 2.04. The quantitative estimate of drug-likeness (QED) is 0.709. The number of hydrogen-bond donors (Lipinski definition) is 0. The molecule has 2 heterocycles. The summed E-state index contributed by atoms with van der Waals surface area (Å²) in [6.45, 7) is 5.93. The molecule has 0 aliphatic rings. The molecule has 0 N–H and O–H groups in total. The van der Waals surface area contributed by atoms with Gasteiger partial charge in [0.2, 0.25) is 0 Å². The highest BCUT2D eigenvalue weighted by Crippen LogP contribution is 2.12. The normalized spacial score (nSPS) is 11.5. The fourth-order valence-corrected chi connectivity index (χ4v) is 1.71. The fourth-order valence-electron chi connectivity index (χ4n) is 1.71. The van der Waals surface area contributed by atoms with E-state index in [4.69, 9.17) is 0 Å². The molecule has 0 aliphatic heterocycles. The molecule has 0 unspecified atom stereocenters. The topological polar surface area (TPSA) is 39.8 Å². The van der Waals surface area contributed by atoms with Gasteiger partial charge in [-0.25, -0.2) is 4.98 Å². The largest absolute Gasteiger partial charge is 0.333 e. The zero-order valence-electron chi connectivity index (χ0n) is 9.48. The first-order chi connectivity index (χ1) is 7.02. The third kappa shape index (κ3) is 1.37. The third-order valence-corrected chi connectivity index (χ3v) is 2.77. The van der Waals surface area contributed by atoms with E-state index >= 15 is 0 Å². The Morgan fingerprint density at radius 3 is 2.67 bits per heavy atom. The number of nitrogens with zero attached hydrogens (tertiary/aromatic N) is 3. The van der Waals surface area contributed by atoms with Crippen LogP contribution in [0.25, 0.3) is 11.0 Å². The summed E-state index contributed by atoms with van der Waals surface area (Å²) < 4.78 is 3.59. The Balaban J connectivity index is 2.86. The molecule has 0 fully saturated rings. The van der Waals surface area contributed by atoms with Crippen LogP contribution < -0.4 is 5.56 Å². The van der Waals surface area contributed by atoms with E-state index in [0.717, 1.165) is 11.3 Å². The van der Waals surface area contributed by atoms with Crippen LogP contribution in [0.2, 0.25) is 0 Å². The van der Waals surface area contributed by atoms with Gasteiger partial charge in [-0.3, -0.25) is 9.36 Å². The lowest BCUT2D eigenvalue weighted by molar-refractivity contribution is 0.572. The van der Waals surface area contributed by atoms with Crippen molar-refractivity contribution in [3.63, 3.8) is 0 Å². The van der Waals surface area contributed by atoms with Crippen molar-refractivity contribution in [1.29, 1.82) is 0 Å². The average Bonchev–Trinajstić information content (AvgIpc) is 2.45. The second-order valence-corrected chi connectivity index (χ2v) is 4.13. The maximum absolute atomic E-state index is 12.0. The molecule has 0 radical (unpaired) electrons. The molecule has 4 heteroatoms. The van der Waals surface area contributed by atoms with E-state index in [2.05, 4.69) is 4.98 Å². The molecule has 0 amide bonds. The Morgan fingerprint density at radius 2 is 2.07 bits per heavy atom. The second kappa shape index (κ2) is 3.22. The van der Waals surface area contributed by atoms with E-state index in [1.807, 2.05) is 38.5 Å². The lowest BCUT2D eigenvalue weighted by Crippen LogP contribution is -2.22. The zero-order chi connectivity index (χ0) is 11.2. The van der Waals surface area contributed by atoms with Gasteiger partial charge >= 0.3 is 0 Å². The molecule has 80 valence electrons. The molecule has 15 heavy (non-hydrogen) atoms. The van der Waals surface area contributed by atoms with Crippen LogP contribution in [-0.4, -0.2) is 14.1 Å². The zero-order valence-corrected chi connectivity index (χ0v) is 9.48. The van der Waals surface area contributed by atoms with Crippen LogP contribution in [0.1, 0.15) is 25.6 Å². The summed E-state index contributed by atoms with van der Waals surface area (Å²) in [6.07, 6.45) is 1.62. The predicted molar refractivity (Wildman–Crippen MR) is 60.1 cm³/mol. The highest BCUT2D eigenvalue weighted by Gasteiger charge is 2.10. The maximum atomic E-state index is 12.0. The van der Waals surface area contributed by atoms with Gasteiger partial charge < -0.3 is 4.57 Å². The van der Waals surface area contributed by atoms with Crippen molar-refractivity contribution in [2.45, 2.75) is 26.8 Å². The molecule has 0 spiro atoms. The third-order valence-electron chi connectivity index (χ3n) is 2.77. The fraction of sp³-hybridized carbons (Fsp3) is 0.455. The van der Waals surface area contributed by atoms with Gasteiger partial charge in [0.05, 0.1) is 5.39 Å². The Morgan fingerprint density at radius 1 is 1.40 bits per heavy atom. The van der Waals surface area contributed by atoms with Crippen molar-refractivity contribution in [3.05, 3.63) is 28.4 Å². The lowest BCUT2D eigenvalue weighted by Gasteiger charge is -2.08. The average molecular weight is 205 g/mol. The summed E-state index contributed by atoms with van der Waals surface area (Å²) in [7, 11) is 1.92. The summed E-state index contributed by atoms with van der Waals surface area (Å²) in [5, 5.41) is 0.700. The predicted octanol–water partition coefficient (Wildman–Crippen LogP) is 1.62. The van der Waals surface area contributed by atoms with Crippen LogP contribution in [0.4, 0.5) is 0 Å². The van der Waals surface area contributed by atoms with Crippen molar-refractivity contribution in [2.75, 3.05) is 0 Å². The number of rotatable bonds is 1. The molecule has 0 saturated heterocycles. The summed E-state index contributed by atoms with van der Waals surface area (Å²) in [5.41, 5.74) is 1.85. The molecule has 0 bridgehead atoms. The molecular formula is C11H15N3O. The van der Waals surface area contributed by atoms with Crippen molar-refractivity contribution in [1.82, 2.24) is 14.1 Å². The van der Waals surface area contributed by atoms with Gasteiger partial charge in [-0.15, -0.1) is 0 Å². The Labute approximate surface area is 88.2 Å². The number of fused-ring (bicyclic) bond motifs is 1. The standard InChI is InChI=1S/C11H15N3O/c1-7(2)14-6-12-10-9(11(14)15)5-8(3)13(10)4/h5-7H,1-4H3. The van der Waals surface area contributed by atoms with Crippen molar-refractivity contribution < 1.29 is 0 Å². The van der Waals surface area contributed by atoms with Crippen LogP contribution in [0.3, 0.4) is 0 Å². The van der Waals surface area contributed by atoms with Gasteiger partial charge in [-0.05, 0) is 26.8 Å². The van der Waals surface area contributed by atoms with Crippen LogP contribution in [0.15, 0.2) is 17.2 Å². The van der Waals surface area contributed by atoms with E-state index in [1.165, 1.54) is 0 Å². The summed E-state index contributed by atoms with van der Waals surface area (Å²) in [4.78, 5) is 16.4. The van der Waals surface area contributed by atoms with Crippen molar-refractivity contribution in [2.24, 2.45) is 7.05 Å². The molecule has 0 saturated carbocycles. The minimum Gasteiger partial charge on any atom is -0.333 e. The van der Waals surface area contributed by atoms with Crippen molar-refractivity contribution in [3.8, 4) is 0 Å². The molecule has 2 rings (SSSR count). The Kier molecular flexibility index (Phi) is 2.14. The van der Waals surface area contributed by atoms with Crippen LogP contribution in [-0.2, 0) is 7.05 Å². The van der Waals surface area contributed by atoms with E-state index in [0.29, 0.717) is 5.39 Å². The minimum atomic E-state index is 0.0405. The Hall–Kier alpha value is -1.58. The summed E-state index contributed by atoms with van der Waals surface area (Å²) in [5.74, 6) is 0. The molecular weight excluding hydrogens is 190 g/mol. The van der Waals surface area contributed by atoms with Gasteiger partial charge in [0.15, 0.2) is 0 Å². The first-order valence-electron chi connectivity index (χ1n) is 5.05. The second-order valence-electron chi connectivity index (χ2n) is 4.13. The molecule has 0 atom stereocenters. The number of aromatic nitrogens is 3. The lowest BCUT2D eigenvalue weighted by atomic mass is 10.3.